The Morgan fingerprint density at radius 1 is 1.17 bits per heavy atom. The Morgan fingerprint density at radius 3 is 2.44 bits per heavy atom. The molecule has 1 atom stereocenters. The lowest BCUT2D eigenvalue weighted by Crippen LogP contribution is -2.09. The minimum Gasteiger partial charge on any atom is -0.450 e. The smallest absolute Gasteiger partial charge is 0.450 e. The van der Waals surface area contributed by atoms with Crippen molar-refractivity contribution >= 4 is 6.16 Å². The van der Waals surface area contributed by atoms with Crippen molar-refractivity contribution in [2.75, 3.05) is 0 Å². The summed E-state index contributed by atoms with van der Waals surface area (Å²) in [6, 6.07) is 9.57. The second-order valence-electron chi connectivity index (χ2n) is 4.49. The quantitative estimate of drug-likeness (QED) is 0.533. The minimum atomic E-state index is -1.20. The highest BCUT2D eigenvalue weighted by Crippen LogP contribution is 2.24. The third kappa shape index (κ3) is 5.71. The van der Waals surface area contributed by atoms with Gasteiger partial charge in [0.2, 0.25) is 0 Å². The third-order valence-corrected chi connectivity index (χ3v) is 2.98. The molecule has 1 rings (SSSR count). The molecule has 100 valence electrons. The Kier molecular flexibility index (Phi) is 6.92. The van der Waals surface area contributed by atoms with Crippen LogP contribution in [0.3, 0.4) is 0 Å². The van der Waals surface area contributed by atoms with E-state index in [1.165, 1.54) is 19.3 Å². The van der Waals surface area contributed by atoms with E-state index in [9.17, 15) is 4.79 Å². The lowest BCUT2D eigenvalue weighted by Gasteiger charge is -2.16. The molecule has 0 aliphatic carbocycles. The van der Waals surface area contributed by atoms with Gasteiger partial charge in [0, 0.05) is 0 Å². The summed E-state index contributed by atoms with van der Waals surface area (Å²) >= 11 is 0. The Bertz CT molecular complexity index is 335. The maximum Gasteiger partial charge on any atom is 0.506 e. The first kappa shape index (κ1) is 14.6. The van der Waals surface area contributed by atoms with Crippen LogP contribution in [0.1, 0.15) is 57.1 Å². The van der Waals surface area contributed by atoms with Crippen LogP contribution in [0.4, 0.5) is 4.79 Å². The predicted octanol–water partition coefficient (Wildman–Crippen LogP) is 4.78. The summed E-state index contributed by atoms with van der Waals surface area (Å²) in [4.78, 5) is 10.7. The van der Waals surface area contributed by atoms with Gasteiger partial charge in [-0.05, 0) is 18.4 Å². The van der Waals surface area contributed by atoms with Gasteiger partial charge in [0.25, 0.3) is 0 Å². The predicted molar refractivity (Wildman–Crippen MR) is 71.7 cm³/mol. The van der Waals surface area contributed by atoms with Crippen LogP contribution in [0, 0.1) is 0 Å². The summed E-state index contributed by atoms with van der Waals surface area (Å²) < 4.78 is 4.96. The van der Waals surface area contributed by atoms with Crippen LogP contribution in [0.2, 0.25) is 0 Å². The first-order chi connectivity index (χ1) is 8.74. The number of unbranched alkanes of at least 4 members (excludes halogenated alkanes) is 4. The molecular formula is C15H22O3. The molecule has 18 heavy (non-hydrogen) atoms. The lowest BCUT2D eigenvalue weighted by molar-refractivity contribution is 0.0464. The molecule has 0 amide bonds. The largest absolute Gasteiger partial charge is 0.506 e. The highest BCUT2D eigenvalue weighted by Gasteiger charge is 2.15. The molecule has 3 nitrogen and oxygen atoms in total. The van der Waals surface area contributed by atoms with Crippen molar-refractivity contribution in [3.05, 3.63) is 35.9 Å². The first-order valence-corrected chi connectivity index (χ1v) is 6.68. The van der Waals surface area contributed by atoms with Gasteiger partial charge < -0.3 is 9.84 Å². The van der Waals surface area contributed by atoms with Gasteiger partial charge >= 0.3 is 6.16 Å². The highest BCUT2D eigenvalue weighted by atomic mass is 16.7. The van der Waals surface area contributed by atoms with Crippen LogP contribution >= 0.6 is 0 Å². The van der Waals surface area contributed by atoms with E-state index in [0.717, 1.165) is 24.8 Å². The van der Waals surface area contributed by atoms with Crippen LogP contribution in [0.15, 0.2) is 30.3 Å². The van der Waals surface area contributed by atoms with Gasteiger partial charge in [-0.2, -0.15) is 0 Å². The van der Waals surface area contributed by atoms with Gasteiger partial charge in [0.1, 0.15) is 6.10 Å². The van der Waals surface area contributed by atoms with E-state index < -0.39 is 6.16 Å². The summed E-state index contributed by atoms with van der Waals surface area (Å²) in [7, 11) is 0. The lowest BCUT2D eigenvalue weighted by atomic mass is 10.0. The molecular weight excluding hydrogens is 228 g/mol. The van der Waals surface area contributed by atoms with E-state index >= 15 is 0 Å². The molecule has 0 spiro atoms. The molecule has 0 aliphatic heterocycles. The van der Waals surface area contributed by atoms with E-state index in [0.29, 0.717) is 0 Å². The monoisotopic (exact) mass is 250 g/mol. The van der Waals surface area contributed by atoms with E-state index in [1.807, 2.05) is 30.3 Å². The topological polar surface area (TPSA) is 46.5 Å². The van der Waals surface area contributed by atoms with Crippen LogP contribution in [0.5, 0.6) is 0 Å². The third-order valence-electron chi connectivity index (χ3n) is 2.98. The summed E-state index contributed by atoms with van der Waals surface area (Å²) in [6.45, 7) is 2.18. The summed E-state index contributed by atoms with van der Waals surface area (Å²) in [5, 5.41) is 8.76. The molecule has 0 radical (unpaired) electrons. The van der Waals surface area contributed by atoms with E-state index in [1.54, 1.807) is 0 Å². The first-order valence-electron chi connectivity index (χ1n) is 6.68. The zero-order valence-corrected chi connectivity index (χ0v) is 11.0. The molecule has 0 heterocycles. The number of carbonyl (C=O) groups is 1. The fraction of sp³-hybridized carbons (Fsp3) is 0.533. The fourth-order valence-corrected chi connectivity index (χ4v) is 2.02. The second-order valence-corrected chi connectivity index (χ2v) is 4.49. The maximum absolute atomic E-state index is 10.7. The molecule has 1 aromatic carbocycles. The van der Waals surface area contributed by atoms with Gasteiger partial charge in [-0.15, -0.1) is 0 Å². The summed E-state index contributed by atoms with van der Waals surface area (Å²) in [5.41, 5.74) is 0.940. The molecule has 0 saturated carbocycles. The number of hydrogen-bond acceptors (Lipinski definition) is 2. The van der Waals surface area contributed by atoms with Crippen molar-refractivity contribution in [2.24, 2.45) is 0 Å². The molecule has 0 fully saturated rings. The van der Waals surface area contributed by atoms with Gasteiger partial charge in [-0.1, -0.05) is 62.9 Å². The van der Waals surface area contributed by atoms with Crippen LogP contribution in [-0.2, 0) is 4.74 Å². The van der Waals surface area contributed by atoms with Crippen LogP contribution in [-0.4, -0.2) is 11.3 Å². The normalized spacial score (nSPS) is 12.1. The molecule has 1 aromatic rings. The molecule has 0 bridgehead atoms. The molecule has 3 heteroatoms. The number of carboxylic acid groups (broad SMARTS) is 1. The summed E-state index contributed by atoms with van der Waals surface area (Å²) in [5.74, 6) is 0. The number of rotatable bonds is 8. The number of hydrogen-bond donors (Lipinski definition) is 1. The Hall–Kier alpha value is -1.51. The van der Waals surface area contributed by atoms with Crippen LogP contribution in [0.25, 0.3) is 0 Å². The fourth-order valence-electron chi connectivity index (χ4n) is 2.02. The second kappa shape index (κ2) is 8.56. The zero-order chi connectivity index (χ0) is 13.2. The van der Waals surface area contributed by atoms with Crippen molar-refractivity contribution in [3.8, 4) is 0 Å². The van der Waals surface area contributed by atoms with E-state index in [2.05, 4.69) is 6.92 Å². The Morgan fingerprint density at radius 2 is 1.83 bits per heavy atom. The summed E-state index contributed by atoms with van der Waals surface area (Å²) in [6.07, 6.45) is 5.06. The molecule has 1 unspecified atom stereocenters. The molecule has 1 N–H and O–H groups in total. The van der Waals surface area contributed by atoms with Crippen molar-refractivity contribution in [1.82, 2.24) is 0 Å². The Balaban J connectivity index is 2.44. The highest BCUT2D eigenvalue weighted by molar-refractivity contribution is 5.57. The van der Waals surface area contributed by atoms with Crippen molar-refractivity contribution < 1.29 is 14.6 Å². The average Bonchev–Trinajstić information content (AvgIpc) is 2.38. The number of ether oxygens (including phenoxy) is 1. The minimum absolute atomic E-state index is 0.328. The number of benzene rings is 1. The SMILES string of the molecule is CCCCCCCC(OC(=O)O)c1ccccc1. The standard InChI is InChI=1S/C15H22O3/c1-2-3-4-5-9-12-14(18-15(16)17)13-10-7-6-8-11-13/h6-8,10-11,14H,2-5,9,12H2,1H3,(H,16,17). The van der Waals surface area contributed by atoms with Crippen LogP contribution < -0.4 is 0 Å². The van der Waals surface area contributed by atoms with Gasteiger partial charge in [-0.3, -0.25) is 0 Å². The van der Waals surface area contributed by atoms with Crippen molar-refractivity contribution in [3.63, 3.8) is 0 Å². The molecule has 0 aromatic heterocycles. The molecule has 0 saturated heterocycles. The van der Waals surface area contributed by atoms with Crippen molar-refractivity contribution in [2.45, 2.75) is 51.6 Å². The van der Waals surface area contributed by atoms with Gasteiger partial charge in [0.05, 0.1) is 0 Å². The van der Waals surface area contributed by atoms with Crippen molar-refractivity contribution in [1.29, 1.82) is 0 Å². The Labute approximate surface area is 109 Å². The zero-order valence-electron chi connectivity index (χ0n) is 11.0. The average molecular weight is 250 g/mol. The maximum atomic E-state index is 10.7. The van der Waals surface area contributed by atoms with E-state index in [4.69, 9.17) is 9.84 Å². The molecule has 0 aliphatic rings. The van der Waals surface area contributed by atoms with Gasteiger partial charge in [0.15, 0.2) is 0 Å². The van der Waals surface area contributed by atoms with Gasteiger partial charge in [-0.25, -0.2) is 4.79 Å². The van der Waals surface area contributed by atoms with E-state index in [-0.39, 0.29) is 6.10 Å².